The minimum atomic E-state index is -0.904. The van der Waals surface area contributed by atoms with Crippen LogP contribution in [0.15, 0.2) is 18.2 Å². The molecule has 0 aromatic heterocycles. The van der Waals surface area contributed by atoms with Crippen LogP contribution in [0.1, 0.15) is 10.4 Å². The van der Waals surface area contributed by atoms with Gasteiger partial charge < -0.3 is 15.0 Å². The van der Waals surface area contributed by atoms with Crippen molar-refractivity contribution in [2.75, 3.05) is 27.2 Å². The van der Waals surface area contributed by atoms with Crippen molar-refractivity contribution in [1.82, 2.24) is 10.2 Å². The summed E-state index contributed by atoms with van der Waals surface area (Å²) >= 11 is 5.77. The fourth-order valence-corrected chi connectivity index (χ4v) is 1.63. The maximum Gasteiger partial charge on any atom is 0.340 e. The molecule has 0 aliphatic carbocycles. The molecule has 10 heteroatoms. The molecule has 0 radical (unpaired) electrons. The number of amides is 2. The first-order valence-corrected chi connectivity index (χ1v) is 6.68. The van der Waals surface area contributed by atoms with Crippen molar-refractivity contribution in [3.05, 3.63) is 38.9 Å². The van der Waals surface area contributed by atoms with Crippen molar-refractivity contribution in [3.63, 3.8) is 0 Å². The van der Waals surface area contributed by atoms with Crippen LogP contribution >= 0.6 is 11.6 Å². The Labute approximate surface area is 136 Å². The van der Waals surface area contributed by atoms with E-state index in [-0.39, 0.29) is 28.7 Å². The zero-order chi connectivity index (χ0) is 17.6. The standard InChI is InChI=1S/C13H14ClN3O6/c1-16(2)12(19)6-15-11(18)7-23-13(20)9-4-3-8(17(21)22)5-10(9)14/h3-5H,6-7H2,1-2H3,(H,15,18). The van der Waals surface area contributed by atoms with Gasteiger partial charge in [-0.3, -0.25) is 19.7 Å². The molecule has 0 saturated heterocycles. The van der Waals surface area contributed by atoms with E-state index >= 15 is 0 Å². The third-order valence-corrected chi connectivity index (χ3v) is 2.97. The van der Waals surface area contributed by atoms with Crippen molar-refractivity contribution in [3.8, 4) is 0 Å². The minimum Gasteiger partial charge on any atom is -0.452 e. The molecule has 0 spiro atoms. The second-order valence-corrected chi connectivity index (χ2v) is 4.97. The first-order chi connectivity index (χ1) is 10.7. The van der Waals surface area contributed by atoms with E-state index in [9.17, 15) is 24.5 Å². The Hall–Kier alpha value is -2.68. The summed E-state index contributed by atoms with van der Waals surface area (Å²) in [6.07, 6.45) is 0. The quantitative estimate of drug-likeness (QED) is 0.459. The lowest BCUT2D eigenvalue weighted by molar-refractivity contribution is -0.384. The Kier molecular flexibility index (Phi) is 6.46. The van der Waals surface area contributed by atoms with E-state index in [0.29, 0.717) is 0 Å². The van der Waals surface area contributed by atoms with Gasteiger partial charge in [0.25, 0.3) is 11.6 Å². The van der Waals surface area contributed by atoms with E-state index in [2.05, 4.69) is 5.32 Å². The molecule has 0 bridgehead atoms. The van der Waals surface area contributed by atoms with Crippen LogP contribution in [0, 0.1) is 10.1 Å². The number of non-ortho nitro benzene ring substituents is 1. The fourth-order valence-electron chi connectivity index (χ4n) is 1.38. The van der Waals surface area contributed by atoms with Crippen LogP contribution in [-0.4, -0.2) is 54.9 Å². The molecule has 0 aliphatic rings. The lowest BCUT2D eigenvalue weighted by atomic mass is 10.2. The number of hydrogen-bond acceptors (Lipinski definition) is 6. The summed E-state index contributed by atoms with van der Waals surface area (Å²) in [7, 11) is 3.07. The number of nitrogens with one attached hydrogen (secondary N) is 1. The second kappa shape index (κ2) is 8.08. The summed E-state index contributed by atoms with van der Waals surface area (Å²) in [5, 5.41) is 12.7. The zero-order valence-corrected chi connectivity index (χ0v) is 13.1. The van der Waals surface area contributed by atoms with Crippen molar-refractivity contribution in [2.24, 2.45) is 0 Å². The van der Waals surface area contributed by atoms with Gasteiger partial charge in [-0.15, -0.1) is 0 Å². The van der Waals surface area contributed by atoms with Gasteiger partial charge in [0.1, 0.15) is 0 Å². The Morgan fingerprint density at radius 2 is 2.00 bits per heavy atom. The number of likely N-dealkylation sites (N-methyl/N-ethyl adjacent to an activating group) is 1. The molecular formula is C13H14ClN3O6. The predicted molar refractivity (Wildman–Crippen MR) is 80.1 cm³/mol. The number of nitrogens with zero attached hydrogens (tertiary/aromatic N) is 2. The first kappa shape index (κ1) is 18.4. The molecule has 1 rings (SSSR count). The maximum absolute atomic E-state index is 11.8. The smallest absolute Gasteiger partial charge is 0.340 e. The van der Waals surface area contributed by atoms with Gasteiger partial charge in [-0.1, -0.05) is 11.6 Å². The van der Waals surface area contributed by atoms with Gasteiger partial charge in [0.05, 0.1) is 22.1 Å². The van der Waals surface area contributed by atoms with E-state index < -0.39 is 23.4 Å². The Morgan fingerprint density at radius 3 is 2.52 bits per heavy atom. The number of hydrogen-bond donors (Lipinski definition) is 1. The molecule has 0 saturated carbocycles. The molecule has 2 amide bonds. The second-order valence-electron chi connectivity index (χ2n) is 4.56. The topological polar surface area (TPSA) is 119 Å². The normalized spacial score (nSPS) is 9.87. The maximum atomic E-state index is 11.8. The monoisotopic (exact) mass is 343 g/mol. The Balaban J connectivity index is 2.55. The summed E-state index contributed by atoms with van der Waals surface area (Å²) in [5.74, 6) is -1.88. The molecule has 1 aromatic carbocycles. The SMILES string of the molecule is CN(C)C(=O)CNC(=O)COC(=O)c1ccc([N+](=O)[O-])cc1Cl. The molecule has 0 unspecified atom stereocenters. The molecule has 9 nitrogen and oxygen atoms in total. The highest BCUT2D eigenvalue weighted by Gasteiger charge is 2.17. The highest BCUT2D eigenvalue weighted by Crippen LogP contribution is 2.22. The number of carbonyl (C=O) groups is 3. The van der Waals surface area contributed by atoms with Gasteiger partial charge in [0, 0.05) is 26.2 Å². The van der Waals surface area contributed by atoms with Crippen molar-refractivity contribution >= 4 is 35.1 Å². The summed E-state index contributed by atoms with van der Waals surface area (Å²) < 4.78 is 4.73. The van der Waals surface area contributed by atoms with Crippen LogP contribution in [0.5, 0.6) is 0 Å². The van der Waals surface area contributed by atoms with Gasteiger partial charge in [-0.05, 0) is 6.07 Å². The largest absolute Gasteiger partial charge is 0.452 e. The fraction of sp³-hybridized carbons (Fsp3) is 0.308. The number of rotatable bonds is 6. The van der Waals surface area contributed by atoms with Crippen molar-refractivity contribution in [1.29, 1.82) is 0 Å². The number of nitro benzene ring substituents is 1. The molecule has 0 fully saturated rings. The number of benzene rings is 1. The minimum absolute atomic E-state index is 0.102. The molecular weight excluding hydrogens is 330 g/mol. The van der Waals surface area contributed by atoms with E-state index in [1.54, 1.807) is 0 Å². The molecule has 0 atom stereocenters. The van der Waals surface area contributed by atoms with Gasteiger partial charge >= 0.3 is 5.97 Å². The van der Waals surface area contributed by atoms with Crippen LogP contribution in [0.4, 0.5) is 5.69 Å². The zero-order valence-electron chi connectivity index (χ0n) is 12.4. The Bertz CT molecular complexity index is 647. The van der Waals surface area contributed by atoms with E-state index in [4.69, 9.17) is 16.3 Å². The van der Waals surface area contributed by atoms with E-state index in [1.165, 1.54) is 19.0 Å². The molecule has 0 heterocycles. The van der Waals surface area contributed by atoms with Crippen LogP contribution < -0.4 is 5.32 Å². The van der Waals surface area contributed by atoms with Gasteiger partial charge in [0.2, 0.25) is 5.91 Å². The predicted octanol–water partition coefficient (Wildman–Crippen LogP) is 0.609. The third-order valence-electron chi connectivity index (χ3n) is 2.65. The first-order valence-electron chi connectivity index (χ1n) is 6.30. The number of esters is 1. The molecule has 1 aromatic rings. The summed E-state index contributed by atoms with van der Waals surface area (Å²) in [6.45, 7) is -0.825. The number of halogens is 1. The molecule has 1 N–H and O–H groups in total. The average molecular weight is 344 g/mol. The highest BCUT2D eigenvalue weighted by atomic mass is 35.5. The van der Waals surface area contributed by atoms with Crippen molar-refractivity contribution in [2.45, 2.75) is 0 Å². The molecule has 0 aliphatic heterocycles. The Morgan fingerprint density at radius 1 is 1.35 bits per heavy atom. The van der Waals surface area contributed by atoms with Crippen molar-refractivity contribution < 1.29 is 24.0 Å². The van der Waals surface area contributed by atoms with Gasteiger partial charge in [-0.2, -0.15) is 0 Å². The van der Waals surface area contributed by atoms with Gasteiger partial charge in [-0.25, -0.2) is 4.79 Å². The summed E-state index contributed by atoms with van der Waals surface area (Å²) in [5.41, 5.74) is -0.374. The van der Waals surface area contributed by atoms with Crippen LogP contribution in [0.25, 0.3) is 0 Å². The van der Waals surface area contributed by atoms with Crippen LogP contribution in [-0.2, 0) is 14.3 Å². The van der Waals surface area contributed by atoms with Gasteiger partial charge in [0.15, 0.2) is 6.61 Å². The van der Waals surface area contributed by atoms with E-state index in [0.717, 1.165) is 18.2 Å². The molecule has 23 heavy (non-hydrogen) atoms. The number of ether oxygens (including phenoxy) is 1. The number of nitro groups is 1. The van der Waals surface area contributed by atoms with Crippen LogP contribution in [0.2, 0.25) is 5.02 Å². The van der Waals surface area contributed by atoms with Crippen LogP contribution in [0.3, 0.4) is 0 Å². The lowest BCUT2D eigenvalue weighted by Gasteiger charge is -2.11. The average Bonchev–Trinajstić information content (AvgIpc) is 2.49. The number of carbonyl (C=O) groups excluding carboxylic acids is 3. The van der Waals surface area contributed by atoms with E-state index in [1.807, 2.05) is 0 Å². The third kappa shape index (κ3) is 5.55. The summed E-state index contributed by atoms with van der Waals surface area (Å²) in [4.78, 5) is 45.7. The highest BCUT2D eigenvalue weighted by molar-refractivity contribution is 6.33. The lowest BCUT2D eigenvalue weighted by Crippen LogP contribution is -2.38. The summed E-state index contributed by atoms with van der Waals surface area (Å²) in [6, 6.07) is 3.24. The molecule has 124 valence electrons.